The van der Waals surface area contributed by atoms with Crippen molar-refractivity contribution < 1.29 is 24.0 Å². The molecule has 2 fully saturated rings. The number of fused-ring (bicyclic) bond motifs is 3. The fraction of sp³-hybridized carbons (Fsp3) is 0.220. The maximum atomic E-state index is 13.7. The lowest BCUT2D eigenvalue weighted by Crippen LogP contribution is -2.54. The van der Waals surface area contributed by atoms with Gasteiger partial charge >= 0.3 is 0 Å². The predicted octanol–water partition coefficient (Wildman–Crippen LogP) is 4.93. The Kier molecular flexibility index (Phi) is 7.65. The van der Waals surface area contributed by atoms with Gasteiger partial charge in [-0.2, -0.15) is 5.26 Å². The molecule has 11 nitrogen and oxygen atoms in total. The highest BCUT2D eigenvalue weighted by molar-refractivity contribution is 6.23. The van der Waals surface area contributed by atoms with Crippen LogP contribution in [-0.4, -0.2) is 58.1 Å². The maximum absolute atomic E-state index is 13.7. The van der Waals surface area contributed by atoms with Gasteiger partial charge in [-0.1, -0.05) is 36.1 Å². The second-order valence-electron chi connectivity index (χ2n) is 13.8. The molecule has 0 saturated carbocycles. The van der Waals surface area contributed by atoms with Crippen molar-refractivity contribution in [3.8, 4) is 17.9 Å². The third kappa shape index (κ3) is 5.35. The van der Waals surface area contributed by atoms with Gasteiger partial charge < -0.3 is 14.8 Å². The number of hydrogen-bond acceptors (Lipinski definition) is 7. The van der Waals surface area contributed by atoms with E-state index in [9.17, 15) is 29.2 Å². The van der Waals surface area contributed by atoms with Crippen molar-refractivity contribution in [2.45, 2.75) is 38.3 Å². The molecule has 52 heavy (non-hydrogen) atoms. The highest BCUT2D eigenvalue weighted by atomic mass is 16.2. The molecule has 2 saturated heterocycles. The zero-order valence-corrected chi connectivity index (χ0v) is 28.4. The summed E-state index contributed by atoms with van der Waals surface area (Å²) in [6.07, 6.45) is 2.09. The Balaban J connectivity index is 0.931. The molecule has 0 spiro atoms. The van der Waals surface area contributed by atoms with Crippen LogP contribution < -0.4 is 15.5 Å². The first-order chi connectivity index (χ1) is 25.0. The number of anilines is 2. The average Bonchev–Trinajstić information content (AvgIpc) is 3.66. The number of benzene rings is 4. The summed E-state index contributed by atoms with van der Waals surface area (Å²) in [5.41, 5.74) is 3.31. The molecule has 4 aromatic carbocycles. The molecule has 3 aliphatic heterocycles. The Morgan fingerprint density at radius 3 is 2.44 bits per heavy atom. The molecule has 5 amide bonds. The van der Waals surface area contributed by atoms with Gasteiger partial charge in [0, 0.05) is 64.3 Å². The van der Waals surface area contributed by atoms with Crippen LogP contribution in [0, 0.1) is 29.1 Å². The molecule has 1 aromatic heterocycles. The minimum Gasteiger partial charge on any atom is -0.369 e. The summed E-state index contributed by atoms with van der Waals surface area (Å²) in [5, 5.41) is 17.4. The smallest absolute Gasteiger partial charge is 0.262 e. The monoisotopic (exact) mass is 688 g/mol. The number of carbonyl (C=O) groups is 5. The van der Waals surface area contributed by atoms with E-state index in [1.807, 2.05) is 73.1 Å². The second kappa shape index (κ2) is 12.3. The number of imide groups is 2. The van der Waals surface area contributed by atoms with E-state index in [4.69, 9.17) is 0 Å². The van der Waals surface area contributed by atoms with E-state index < -0.39 is 35.2 Å². The van der Waals surface area contributed by atoms with E-state index in [0.29, 0.717) is 24.3 Å². The van der Waals surface area contributed by atoms with Crippen LogP contribution in [0.5, 0.6) is 0 Å². The van der Waals surface area contributed by atoms with Crippen molar-refractivity contribution in [3.63, 3.8) is 0 Å². The van der Waals surface area contributed by atoms with Gasteiger partial charge in [0.15, 0.2) is 0 Å². The largest absolute Gasteiger partial charge is 0.369 e. The fourth-order valence-electron chi connectivity index (χ4n) is 7.22. The minimum atomic E-state index is -0.998. The van der Waals surface area contributed by atoms with Gasteiger partial charge in [0.2, 0.25) is 17.7 Å². The molecule has 256 valence electrons. The third-order valence-electron chi connectivity index (χ3n) is 10.2. The van der Waals surface area contributed by atoms with E-state index in [0.717, 1.165) is 37.8 Å². The van der Waals surface area contributed by atoms with Gasteiger partial charge in [-0.3, -0.25) is 34.2 Å². The van der Waals surface area contributed by atoms with Gasteiger partial charge in [0.05, 0.1) is 28.7 Å². The van der Waals surface area contributed by atoms with Crippen molar-refractivity contribution in [2.24, 2.45) is 5.92 Å². The number of carbonyl (C=O) groups excluding carboxylic acids is 5. The highest BCUT2D eigenvalue weighted by Gasteiger charge is 2.45. The van der Waals surface area contributed by atoms with Gasteiger partial charge in [0.25, 0.3) is 11.8 Å². The molecule has 5 aromatic rings. The first-order valence-electron chi connectivity index (χ1n) is 17.0. The predicted molar refractivity (Wildman–Crippen MR) is 194 cm³/mol. The summed E-state index contributed by atoms with van der Waals surface area (Å²) < 4.78 is 1.95. The summed E-state index contributed by atoms with van der Waals surface area (Å²) in [7, 11) is 0. The minimum absolute atomic E-state index is 0.0722. The zero-order valence-electron chi connectivity index (χ0n) is 28.4. The molecule has 2 N–H and O–H groups in total. The van der Waals surface area contributed by atoms with Crippen molar-refractivity contribution >= 4 is 62.6 Å². The molecule has 3 aliphatic rings. The molecular weight excluding hydrogens is 656 g/mol. The van der Waals surface area contributed by atoms with Crippen LogP contribution in [0.25, 0.3) is 21.7 Å². The van der Waals surface area contributed by atoms with Crippen LogP contribution in [0.2, 0.25) is 0 Å². The number of nitriles is 1. The van der Waals surface area contributed by atoms with Gasteiger partial charge in [-0.25, -0.2) is 0 Å². The van der Waals surface area contributed by atoms with Crippen LogP contribution in [0.4, 0.5) is 11.4 Å². The zero-order chi connectivity index (χ0) is 36.3. The van der Waals surface area contributed by atoms with E-state index in [1.165, 1.54) is 0 Å². The standard InChI is InChI=1S/C41H32N6O5/c1-41(2,40(52)43-33-13-10-27(21-42)29-5-3-4-6-30(29)33)46-18-17-26-19-24(9-14-34(26)46)7-8-25-22-45(23-25)28-11-12-31-32(20-28)39(51)47(38(31)50)35-15-16-36(48)44-37(35)49/h3-6,9-14,17-20,25,35H,15-16,22-23H2,1-2H3,(H,43,52)(H,44,48,49). The second-order valence-corrected chi connectivity index (χ2v) is 13.8. The molecule has 0 aliphatic carbocycles. The SMILES string of the molecule is CC(C)(C(=O)Nc1ccc(C#N)c2ccccc12)n1ccc2cc(C#CC3CN(c4ccc5c(c4)C(=O)N(C4CCC(=O)NC4=O)C5=O)C3)ccc21. The average molecular weight is 689 g/mol. The van der Waals surface area contributed by atoms with Crippen LogP contribution >= 0.6 is 0 Å². The number of hydrogen-bond donors (Lipinski definition) is 2. The van der Waals surface area contributed by atoms with Crippen LogP contribution in [0.3, 0.4) is 0 Å². The molecular formula is C41H32N6O5. The molecule has 0 radical (unpaired) electrons. The summed E-state index contributed by atoms with van der Waals surface area (Å²) in [6, 6.07) is 25.2. The van der Waals surface area contributed by atoms with E-state index >= 15 is 0 Å². The highest BCUT2D eigenvalue weighted by Crippen LogP contribution is 2.34. The Bertz CT molecular complexity index is 2510. The number of nitrogens with zero attached hydrogens (tertiary/aromatic N) is 4. The van der Waals surface area contributed by atoms with Crippen molar-refractivity contribution in [3.05, 3.63) is 107 Å². The van der Waals surface area contributed by atoms with Crippen molar-refractivity contribution in [2.75, 3.05) is 23.3 Å². The number of amides is 5. The molecule has 11 heteroatoms. The van der Waals surface area contributed by atoms with Crippen LogP contribution in [0.1, 0.15) is 58.5 Å². The lowest BCUT2D eigenvalue weighted by atomic mass is 9.98. The lowest BCUT2D eigenvalue weighted by molar-refractivity contribution is -0.136. The Morgan fingerprint density at radius 2 is 1.67 bits per heavy atom. The topological polar surface area (TPSA) is 145 Å². The Morgan fingerprint density at radius 1 is 0.904 bits per heavy atom. The molecule has 0 bridgehead atoms. The Labute approximate surface area is 298 Å². The molecule has 1 unspecified atom stereocenters. The number of aromatic nitrogens is 1. The van der Waals surface area contributed by atoms with Crippen molar-refractivity contribution in [1.29, 1.82) is 5.26 Å². The number of nitrogens with one attached hydrogen (secondary N) is 2. The normalized spacial score (nSPS) is 17.4. The van der Waals surface area contributed by atoms with Gasteiger partial charge in [0.1, 0.15) is 11.6 Å². The van der Waals surface area contributed by atoms with E-state index in [2.05, 4.69) is 33.4 Å². The van der Waals surface area contributed by atoms with Crippen molar-refractivity contribution in [1.82, 2.24) is 14.8 Å². The quantitative estimate of drug-likeness (QED) is 0.197. The summed E-state index contributed by atoms with van der Waals surface area (Å²) in [6.45, 7) is 5.04. The third-order valence-corrected chi connectivity index (χ3v) is 10.2. The number of piperidine rings is 1. The van der Waals surface area contributed by atoms with Gasteiger partial charge in [-0.05, 0) is 74.9 Å². The van der Waals surface area contributed by atoms with Crippen LogP contribution in [-0.2, 0) is 19.9 Å². The van der Waals surface area contributed by atoms with E-state index in [-0.39, 0.29) is 35.8 Å². The van der Waals surface area contributed by atoms with E-state index in [1.54, 1.807) is 30.3 Å². The molecule has 4 heterocycles. The first-order valence-corrected chi connectivity index (χ1v) is 17.0. The summed E-state index contributed by atoms with van der Waals surface area (Å²) in [4.78, 5) is 67.0. The molecule has 1 atom stereocenters. The summed E-state index contributed by atoms with van der Waals surface area (Å²) in [5.74, 6) is 4.46. The maximum Gasteiger partial charge on any atom is 0.262 e. The first kappa shape index (κ1) is 32.5. The number of rotatable bonds is 5. The fourth-order valence-corrected chi connectivity index (χ4v) is 7.22. The van der Waals surface area contributed by atoms with Gasteiger partial charge in [-0.15, -0.1) is 0 Å². The van der Waals surface area contributed by atoms with Crippen LogP contribution in [0.15, 0.2) is 85.1 Å². The molecule has 8 rings (SSSR count). The Hall–Kier alpha value is -6.72. The summed E-state index contributed by atoms with van der Waals surface area (Å²) >= 11 is 0. The lowest BCUT2D eigenvalue weighted by Gasteiger charge is -2.38.